The van der Waals surface area contributed by atoms with Gasteiger partial charge in [0, 0.05) is 0 Å². The van der Waals surface area contributed by atoms with Crippen LogP contribution in [-0.2, 0) is 13.6 Å². The number of fused-ring (bicyclic) bond motifs is 1. The maximum Gasteiger partial charge on any atom is 0.467 e. The molecule has 0 atom stereocenters. The standard InChI is InChI=1S/C7H11N2O/c1-3-4-9-6-5-8(2)7(9)10-6/h5H,3-4H2,1-2H3/q+1. The topological polar surface area (TPSA) is 21.9 Å². The third kappa shape index (κ3) is 0.523. The molecule has 0 aliphatic carbocycles. The third-order valence-corrected chi connectivity index (χ3v) is 1.75. The van der Waals surface area contributed by atoms with Gasteiger partial charge in [0.25, 0.3) is 0 Å². The van der Waals surface area contributed by atoms with Crippen molar-refractivity contribution in [2.24, 2.45) is 7.05 Å². The maximum atomic E-state index is 5.26. The smallest absolute Gasteiger partial charge is 0.350 e. The molecule has 3 aromatic rings. The predicted octanol–water partition coefficient (Wildman–Crippen LogP) is 0.907. The summed E-state index contributed by atoms with van der Waals surface area (Å²) in [6.45, 7) is 3.24. The van der Waals surface area contributed by atoms with Crippen molar-refractivity contribution >= 4 is 11.6 Å². The van der Waals surface area contributed by atoms with Crippen LogP contribution in [0.5, 0.6) is 0 Å². The molecule has 3 aromatic heterocycles. The quantitative estimate of drug-likeness (QED) is 0.567. The molecule has 0 aliphatic rings. The summed E-state index contributed by atoms with van der Waals surface area (Å²) >= 11 is 0. The van der Waals surface area contributed by atoms with Crippen LogP contribution in [0.4, 0.5) is 0 Å². The normalized spacial score (nSPS) is 11.8. The molecule has 0 aromatic carbocycles. The second kappa shape index (κ2) is 1.75. The van der Waals surface area contributed by atoms with Crippen LogP contribution in [0.3, 0.4) is 0 Å². The molecule has 3 rings (SSSR count). The Bertz CT molecular complexity index is 320. The lowest BCUT2D eigenvalue weighted by Gasteiger charge is -1.96. The van der Waals surface area contributed by atoms with Crippen molar-refractivity contribution in [3.8, 4) is 0 Å². The molecule has 3 heterocycles. The van der Waals surface area contributed by atoms with E-state index in [1.54, 1.807) is 0 Å². The zero-order valence-electron chi connectivity index (χ0n) is 6.29. The van der Waals surface area contributed by atoms with Gasteiger partial charge >= 0.3 is 11.6 Å². The zero-order chi connectivity index (χ0) is 7.14. The van der Waals surface area contributed by atoms with E-state index in [-0.39, 0.29) is 0 Å². The second-order valence-corrected chi connectivity index (χ2v) is 2.61. The number of aryl methyl sites for hydroxylation is 2. The molecule has 0 saturated carbocycles. The van der Waals surface area contributed by atoms with Gasteiger partial charge in [0.05, 0.1) is 13.6 Å². The van der Waals surface area contributed by atoms with E-state index in [4.69, 9.17) is 4.42 Å². The van der Waals surface area contributed by atoms with Crippen LogP contribution >= 0.6 is 0 Å². The highest BCUT2D eigenvalue weighted by molar-refractivity contribution is 5.43. The summed E-state index contributed by atoms with van der Waals surface area (Å²) in [4.78, 5) is 0. The monoisotopic (exact) mass is 139 g/mol. The fraction of sp³-hybridized carbons (Fsp3) is 0.571. The van der Waals surface area contributed by atoms with Crippen molar-refractivity contribution in [2.75, 3.05) is 0 Å². The Morgan fingerprint density at radius 3 is 2.90 bits per heavy atom. The van der Waals surface area contributed by atoms with Gasteiger partial charge in [-0.2, -0.15) is 9.13 Å². The van der Waals surface area contributed by atoms with Gasteiger partial charge in [-0.25, -0.2) is 0 Å². The average Bonchev–Trinajstić information content (AvgIpc) is 2.37. The van der Waals surface area contributed by atoms with E-state index < -0.39 is 0 Å². The molecule has 10 heavy (non-hydrogen) atoms. The molecule has 0 saturated heterocycles. The molecular formula is C7H11N2O+. The Labute approximate surface area is 59.2 Å². The first-order valence-corrected chi connectivity index (χ1v) is 3.60. The molecule has 0 aliphatic heterocycles. The molecule has 0 N–H and O–H groups in total. The molecule has 3 nitrogen and oxygen atoms in total. The first-order valence-electron chi connectivity index (χ1n) is 3.60. The van der Waals surface area contributed by atoms with Crippen LogP contribution in [-0.4, -0.2) is 4.57 Å². The summed E-state index contributed by atoms with van der Waals surface area (Å²) in [6, 6.07) is 0. The van der Waals surface area contributed by atoms with Gasteiger partial charge in [-0.15, -0.1) is 0 Å². The van der Waals surface area contributed by atoms with Crippen molar-refractivity contribution in [2.45, 2.75) is 19.9 Å². The molecule has 0 unspecified atom stereocenters. The largest absolute Gasteiger partial charge is 0.467 e. The van der Waals surface area contributed by atoms with Gasteiger partial charge in [-0.3, -0.25) is 0 Å². The molecule has 54 valence electrons. The summed E-state index contributed by atoms with van der Waals surface area (Å²) in [6.07, 6.45) is 3.17. The van der Waals surface area contributed by atoms with Crippen LogP contribution < -0.4 is 4.57 Å². The summed E-state index contributed by atoms with van der Waals surface area (Å²) in [5, 5.41) is 0. The number of hydrogen-bond acceptors (Lipinski definition) is 1. The molecule has 0 fully saturated rings. The second-order valence-electron chi connectivity index (χ2n) is 2.61. The molecule has 2 bridgehead atoms. The van der Waals surface area contributed by atoms with Gasteiger partial charge in [0.1, 0.15) is 0 Å². The Kier molecular flexibility index (Phi) is 1.01. The minimum atomic E-state index is 0.983. The van der Waals surface area contributed by atoms with Gasteiger partial charge in [-0.05, 0) is 6.42 Å². The fourth-order valence-electron chi connectivity index (χ4n) is 1.27. The molecule has 0 radical (unpaired) electrons. The number of oxazole rings is 1. The first kappa shape index (κ1) is 5.77. The van der Waals surface area contributed by atoms with E-state index >= 15 is 0 Å². The van der Waals surface area contributed by atoms with Crippen molar-refractivity contribution in [3.63, 3.8) is 0 Å². The van der Waals surface area contributed by atoms with Crippen LogP contribution in [0, 0.1) is 0 Å². The van der Waals surface area contributed by atoms with E-state index in [0.717, 1.165) is 24.5 Å². The third-order valence-electron chi connectivity index (χ3n) is 1.75. The zero-order valence-corrected chi connectivity index (χ0v) is 6.29. The van der Waals surface area contributed by atoms with E-state index in [2.05, 4.69) is 11.5 Å². The average molecular weight is 139 g/mol. The Morgan fingerprint density at radius 2 is 2.50 bits per heavy atom. The van der Waals surface area contributed by atoms with E-state index in [9.17, 15) is 0 Å². The lowest BCUT2D eigenvalue weighted by molar-refractivity contribution is -0.647. The van der Waals surface area contributed by atoms with E-state index in [1.165, 1.54) is 0 Å². The summed E-state index contributed by atoms with van der Waals surface area (Å²) in [5.41, 5.74) is 0.999. The minimum Gasteiger partial charge on any atom is -0.350 e. The summed E-state index contributed by atoms with van der Waals surface area (Å²) in [7, 11) is 2.00. The molecule has 0 amide bonds. The van der Waals surface area contributed by atoms with Gasteiger partial charge in [0.2, 0.25) is 0 Å². The lowest BCUT2D eigenvalue weighted by Crippen LogP contribution is -2.25. The van der Waals surface area contributed by atoms with Gasteiger partial charge in [0.15, 0.2) is 6.20 Å². The van der Waals surface area contributed by atoms with Crippen molar-refractivity contribution in [3.05, 3.63) is 6.20 Å². The highest BCUT2D eigenvalue weighted by Crippen LogP contribution is 2.15. The number of nitrogens with zero attached hydrogens (tertiary/aromatic N) is 2. The van der Waals surface area contributed by atoms with Crippen molar-refractivity contribution in [1.82, 2.24) is 4.57 Å². The number of aromatic nitrogens is 2. The van der Waals surface area contributed by atoms with E-state index in [1.807, 2.05) is 17.8 Å². The number of rotatable bonds is 2. The van der Waals surface area contributed by atoms with Crippen LogP contribution in [0.2, 0.25) is 0 Å². The summed E-state index contributed by atoms with van der Waals surface area (Å²) < 4.78 is 9.44. The Balaban J connectivity index is 2.40. The highest BCUT2D eigenvalue weighted by atomic mass is 16.4. The maximum absolute atomic E-state index is 5.26. The molecule has 0 spiro atoms. The van der Waals surface area contributed by atoms with Crippen LogP contribution in [0.25, 0.3) is 11.6 Å². The fourth-order valence-corrected chi connectivity index (χ4v) is 1.27. The van der Waals surface area contributed by atoms with Crippen LogP contribution in [0.1, 0.15) is 13.3 Å². The van der Waals surface area contributed by atoms with Crippen LogP contribution in [0.15, 0.2) is 10.6 Å². The lowest BCUT2D eigenvalue weighted by atomic mass is 10.5. The van der Waals surface area contributed by atoms with Gasteiger partial charge in [-0.1, -0.05) is 6.92 Å². The number of imidazole rings is 1. The van der Waals surface area contributed by atoms with Gasteiger partial charge < -0.3 is 4.42 Å². The minimum absolute atomic E-state index is 0.983. The Morgan fingerprint density at radius 1 is 1.70 bits per heavy atom. The first-order chi connectivity index (χ1) is 4.83. The predicted molar refractivity (Wildman–Crippen MR) is 36.9 cm³/mol. The Hall–Kier alpha value is -0.990. The van der Waals surface area contributed by atoms with Crippen molar-refractivity contribution < 1.29 is 8.98 Å². The highest BCUT2D eigenvalue weighted by Gasteiger charge is 2.24. The molecular weight excluding hydrogens is 128 g/mol. The SMILES string of the molecule is CCCn1c2c[n+](C)c1o2. The van der Waals surface area contributed by atoms with E-state index in [0.29, 0.717) is 0 Å². The number of hydrogen-bond donors (Lipinski definition) is 0. The molecule has 3 heteroatoms. The summed E-state index contributed by atoms with van der Waals surface area (Å²) in [5.74, 6) is 0.983. The van der Waals surface area contributed by atoms with Crippen molar-refractivity contribution in [1.29, 1.82) is 0 Å².